The lowest BCUT2D eigenvalue weighted by atomic mass is 10.0. The van der Waals surface area contributed by atoms with Crippen molar-refractivity contribution in [1.82, 2.24) is 0 Å². The average molecular weight is 391 g/mol. The predicted octanol–water partition coefficient (Wildman–Crippen LogP) is 3.99. The number of rotatable bonds is 6. The molecule has 0 unspecified atom stereocenters. The fourth-order valence-corrected chi connectivity index (χ4v) is 3.31. The molecule has 1 aromatic heterocycles. The zero-order valence-electron chi connectivity index (χ0n) is 15.9. The van der Waals surface area contributed by atoms with E-state index >= 15 is 0 Å². The molecule has 2 heterocycles. The van der Waals surface area contributed by atoms with Crippen molar-refractivity contribution in [3.05, 3.63) is 83.8 Å². The molecule has 1 aliphatic rings. The van der Waals surface area contributed by atoms with Gasteiger partial charge in [0.2, 0.25) is 5.76 Å². The Hall–Kier alpha value is -3.54. The van der Waals surface area contributed by atoms with Crippen molar-refractivity contribution in [3.8, 4) is 5.75 Å². The van der Waals surface area contributed by atoms with Gasteiger partial charge in [-0.25, -0.2) is 4.79 Å². The van der Waals surface area contributed by atoms with Gasteiger partial charge in [0.25, 0.3) is 5.91 Å². The van der Waals surface area contributed by atoms with Gasteiger partial charge in [0.05, 0.1) is 0 Å². The fraction of sp³-hybridized carbons (Fsp3) is 0.217. The van der Waals surface area contributed by atoms with Crippen LogP contribution in [0.15, 0.2) is 71.1 Å². The summed E-state index contributed by atoms with van der Waals surface area (Å²) in [5.74, 6) is 0.334. The fourth-order valence-electron chi connectivity index (χ4n) is 3.31. The van der Waals surface area contributed by atoms with E-state index in [9.17, 15) is 9.59 Å². The number of hydrogen-bond acceptors (Lipinski definition) is 5. The predicted molar refractivity (Wildman–Crippen MR) is 107 cm³/mol. The van der Waals surface area contributed by atoms with Crippen molar-refractivity contribution in [2.24, 2.45) is 0 Å². The number of ether oxygens (including phenoxy) is 2. The summed E-state index contributed by atoms with van der Waals surface area (Å²) < 4.78 is 16.2. The Balaban J connectivity index is 1.31. The Labute approximate surface area is 168 Å². The van der Waals surface area contributed by atoms with Crippen LogP contribution in [0.1, 0.15) is 28.3 Å². The van der Waals surface area contributed by atoms with Crippen molar-refractivity contribution < 1.29 is 23.5 Å². The van der Waals surface area contributed by atoms with Gasteiger partial charge >= 0.3 is 5.97 Å². The molecule has 0 atom stereocenters. The summed E-state index contributed by atoms with van der Waals surface area (Å²) >= 11 is 0. The molecule has 0 saturated heterocycles. The first kappa shape index (κ1) is 18.8. The highest BCUT2D eigenvalue weighted by atomic mass is 16.6. The molecular weight excluding hydrogens is 370 g/mol. The van der Waals surface area contributed by atoms with Gasteiger partial charge in [0.15, 0.2) is 6.61 Å². The standard InChI is InChI=1S/C23H21NO5/c25-22(24-14-6-8-17-7-4-5-11-20(17)24)16-28-23(26)21-13-12-19(29-21)15-27-18-9-2-1-3-10-18/h1-5,7,9-13H,6,8,14-16H2. The minimum atomic E-state index is -0.672. The molecule has 1 aliphatic heterocycles. The highest BCUT2D eigenvalue weighted by Gasteiger charge is 2.24. The zero-order valence-corrected chi connectivity index (χ0v) is 15.9. The number of hydrogen-bond donors (Lipinski definition) is 0. The number of carbonyl (C=O) groups is 2. The topological polar surface area (TPSA) is 69.0 Å². The number of para-hydroxylation sites is 2. The van der Waals surface area contributed by atoms with Crippen molar-refractivity contribution in [3.63, 3.8) is 0 Å². The van der Waals surface area contributed by atoms with Crippen molar-refractivity contribution >= 4 is 17.6 Å². The molecule has 0 radical (unpaired) electrons. The molecule has 3 aromatic rings. The van der Waals surface area contributed by atoms with Gasteiger partial charge in [-0.3, -0.25) is 4.79 Å². The number of nitrogens with zero attached hydrogens (tertiary/aromatic N) is 1. The van der Waals surface area contributed by atoms with Crippen molar-refractivity contribution in [1.29, 1.82) is 0 Å². The average Bonchev–Trinajstić information content (AvgIpc) is 3.25. The van der Waals surface area contributed by atoms with E-state index in [0.717, 1.165) is 24.1 Å². The number of benzene rings is 2. The minimum Gasteiger partial charge on any atom is -0.486 e. The van der Waals surface area contributed by atoms with Crippen LogP contribution in [-0.2, 0) is 22.6 Å². The highest BCUT2D eigenvalue weighted by molar-refractivity contribution is 5.97. The van der Waals surface area contributed by atoms with Crippen LogP contribution in [0.2, 0.25) is 0 Å². The van der Waals surface area contributed by atoms with Crippen LogP contribution < -0.4 is 9.64 Å². The molecule has 0 aliphatic carbocycles. The lowest BCUT2D eigenvalue weighted by Crippen LogP contribution is -2.38. The van der Waals surface area contributed by atoms with E-state index in [1.54, 1.807) is 11.0 Å². The van der Waals surface area contributed by atoms with Crippen LogP contribution in [0.5, 0.6) is 5.75 Å². The van der Waals surface area contributed by atoms with Crippen molar-refractivity contribution in [2.75, 3.05) is 18.1 Å². The zero-order chi connectivity index (χ0) is 20.1. The molecule has 6 nitrogen and oxygen atoms in total. The third-order valence-corrected chi connectivity index (χ3v) is 4.73. The number of esters is 1. The summed E-state index contributed by atoms with van der Waals surface area (Å²) in [7, 11) is 0. The van der Waals surface area contributed by atoms with Gasteiger partial charge in [-0.15, -0.1) is 0 Å². The smallest absolute Gasteiger partial charge is 0.374 e. The van der Waals surface area contributed by atoms with E-state index in [4.69, 9.17) is 13.9 Å². The third kappa shape index (κ3) is 4.48. The van der Waals surface area contributed by atoms with E-state index < -0.39 is 5.97 Å². The number of amides is 1. The van der Waals surface area contributed by atoms with Crippen LogP contribution in [0, 0.1) is 0 Å². The van der Waals surface area contributed by atoms with Crippen LogP contribution in [0.3, 0.4) is 0 Å². The van der Waals surface area contributed by atoms with Crippen LogP contribution in [0.25, 0.3) is 0 Å². The molecule has 0 spiro atoms. The number of furan rings is 1. The molecular formula is C23H21NO5. The summed E-state index contributed by atoms with van der Waals surface area (Å²) in [4.78, 5) is 26.5. The maximum absolute atomic E-state index is 12.6. The van der Waals surface area contributed by atoms with Gasteiger partial charge in [-0.1, -0.05) is 36.4 Å². The summed E-state index contributed by atoms with van der Waals surface area (Å²) in [5.41, 5.74) is 2.02. The Morgan fingerprint density at radius 2 is 1.76 bits per heavy atom. The molecule has 1 amide bonds. The number of fused-ring (bicyclic) bond motifs is 1. The summed E-state index contributed by atoms with van der Waals surface area (Å²) in [6, 6.07) is 20.3. The maximum atomic E-state index is 12.6. The first-order valence-corrected chi connectivity index (χ1v) is 9.52. The molecule has 29 heavy (non-hydrogen) atoms. The van der Waals surface area contributed by atoms with Gasteiger partial charge in [-0.2, -0.15) is 0 Å². The van der Waals surface area contributed by atoms with E-state index in [2.05, 4.69) is 0 Å². The first-order chi connectivity index (χ1) is 14.2. The Kier molecular flexibility index (Phi) is 5.61. The normalized spacial score (nSPS) is 12.9. The second kappa shape index (κ2) is 8.65. The van der Waals surface area contributed by atoms with Crippen LogP contribution in [-0.4, -0.2) is 25.0 Å². The summed E-state index contributed by atoms with van der Waals surface area (Å²) in [6.45, 7) is 0.486. The number of aryl methyl sites for hydroxylation is 1. The molecule has 0 fully saturated rings. The van der Waals surface area contributed by atoms with Crippen LogP contribution >= 0.6 is 0 Å². The van der Waals surface area contributed by atoms with Gasteiger partial charge in [0, 0.05) is 12.2 Å². The van der Waals surface area contributed by atoms with E-state index in [-0.39, 0.29) is 24.9 Å². The minimum absolute atomic E-state index is 0.0449. The first-order valence-electron chi connectivity index (χ1n) is 9.52. The monoisotopic (exact) mass is 391 g/mol. The molecule has 6 heteroatoms. The van der Waals surface area contributed by atoms with Gasteiger partial charge < -0.3 is 18.8 Å². The molecule has 2 aromatic carbocycles. The van der Waals surface area contributed by atoms with E-state index in [1.165, 1.54) is 6.07 Å². The summed E-state index contributed by atoms with van der Waals surface area (Å²) in [6.07, 6.45) is 1.83. The molecule has 148 valence electrons. The van der Waals surface area contributed by atoms with Crippen LogP contribution in [0.4, 0.5) is 5.69 Å². The highest BCUT2D eigenvalue weighted by Crippen LogP contribution is 2.26. The van der Waals surface area contributed by atoms with Crippen molar-refractivity contribution in [2.45, 2.75) is 19.4 Å². The lowest BCUT2D eigenvalue weighted by molar-refractivity contribution is -0.121. The molecule has 0 N–H and O–H groups in total. The molecule has 0 saturated carbocycles. The Morgan fingerprint density at radius 3 is 2.62 bits per heavy atom. The number of carbonyl (C=O) groups excluding carboxylic acids is 2. The molecule has 0 bridgehead atoms. The second-order valence-corrected chi connectivity index (χ2v) is 6.72. The Morgan fingerprint density at radius 1 is 0.966 bits per heavy atom. The maximum Gasteiger partial charge on any atom is 0.374 e. The van der Waals surface area contributed by atoms with Gasteiger partial charge in [-0.05, 0) is 48.7 Å². The lowest BCUT2D eigenvalue weighted by Gasteiger charge is -2.29. The van der Waals surface area contributed by atoms with Gasteiger partial charge in [0.1, 0.15) is 18.1 Å². The second-order valence-electron chi connectivity index (χ2n) is 6.72. The number of anilines is 1. The molecule has 4 rings (SSSR count). The Bertz CT molecular complexity index is 995. The third-order valence-electron chi connectivity index (χ3n) is 4.73. The summed E-state index contributed by atoms with van der Waals surface area (Å²) in [5, 5.41) is 0. The quantitative estimate of drug-likeness (QED) is 0.594. The largest absolute Gasteiger partial charge is 0.486 e. The SMILES string of the molecule is O=C(OCC(=O)N1CCCc2ccccc21)c1ccc(COc2ccccc2)o1. The van der Waals surface area contributed by atoms with E-state index in [1.807, 2.05) is 54.6 Å². The van der Waals surface area contributed by atoms with E-state index in [0.29, 0.717) is 18.1 Å².